The molecule has 0 radical (unpaired) electrons. The standard InChI is InChI=1S/C15H12ClN3O/c16-12-8-5-11(6-9-12)7-10-15(20)13-3-1-2-4-14(13)18-19-17/h1-6,8-9H,7,10H2. The molecule has 0 saturated carbocycles. The fraction of sp³-hybridized carbons (Fsp3) is 0.133. The zero-order valence-corrected chi connectivity index (χ0v) is 11.4. The zero-order valence-electron chi connectivity index (χ0n) is 10.7. The van der Waals surface area contributed by atoms with E-state index in [-0.39, 0.29) is 5.78 Å². The van der Waals surface area contributed by atoms with E-state index in [1.54, 1.807) is 36.4 Å². The normalized spacial score (nSPS) is 9.85. The monoisotopic (exact) mass is 285 g/mol. The van der Waals surface area contributed by atoms with E-state index < -0.39 is 0 Å². The molecule has 0 aliphatic carbocycles. The quantitative estimate of drug-likeness (QED) is 0.326. The summed E-state index contributed by atoms with van der Waals surface area (Å²) in [5.74, 6) is -0.0389. The molecule has 0 atom stereocenters. The van der Waals surface area contributed by atoms with Crippen LogP contribution in [0.15, 0.2) is 53.6 Å². The highest BCUT2D eigenvalue weighted by Crippen LogP contribution is 2.21. The molecule has 0 bridgehead atoms. The first kappa shape index (κ1) is 14.1. The topological polar surface area (TPSA) is 65.8 Å². The van der Waals surface area contributed by atoms with Gasteiger partial charge in [-0.2, -0.15) is 0 Å². The summed E-state index contributed by atoms with van der Waals surface area (Å²) in [6.07, 6.45) is 0.986. The van der Waals surface area contributed by atoms with Crippen LogP contribution >= 0.6 is 11.6 Å². The Hall–Kier alpha value is -2.29. The molecule has 100 valence electrons. The van der Waals surface area contributed by atoms with Crippen molar-refractivity contribution >= 4 is 23.1 Å². The Bertz CT molecular complexity index is 661. The molecule has 2 aromatic rings. The van der Waals surface area contributed by atoms with Gasteiger partial charge in [0.15, 0.2) is 5.78 Å². The molecule has 2 rings (SSSR count). The molecular formula is C15H12ClN3O. The van der Waals surface area contributed by atoms with Crippen molar-refractivity contribution in [3.8, 4) is 0 Å². The zero-order chi connectivity index (χ0) is 14.4. The van der Waals surface area contributed by atoms with E-state index in [1.807, 2.05) is 12.1 Å². The number of halogens is 1. The predicted octanol–water partition coefficient (Wildman–Crippen LogP) is 5.10. The average molecular weight is 286 g/mol. The van der Waals surface area contributed by atoms with Crippen LogP contribution in [-0.4, -0.2) is 5.78 Å². The van der Waals surface area contributed by atoms with Crippen LogP contribution in [-0.2, 0) is 6.42 Å². The van der Waals surface area contributed by atoms with Crippen molar-refractivity contribution in [2.45, 2.75) is 12.8 Å². The minimum absolute atomic E-state index is 0.0389. The van der Waals surface area contributed by atoms with E-state index in [0.29, 0.717) is 29.1 Å². The van der Waals surface area contributed by atoms with E-state index in [1.165, 1.54) is 0 Å². The van der Waals surface area contributed by atoms with Crippen molar-refractivity contribution in [2.75, 3.05) is 0 Å². The second kappa shape index (κ2) is 6.75. The third-order valence-electron chi connectivity index (χ3n) is 2.91. The second-order valence-electron chi connectivity index (χ2n) is 4.26. The summed E-state index contributed by atoms with van der Waals surface area (Å²) in [5.41, 5.74) is 10.4. The Morgan fingerprint density at radius 1 is 1.15 bits per heavy atom. The lowest BCUT2D eigenvalue weighted by Crippen LogP contribution is -2.01. The lowest BCUT2D eigenvalue weighted by molar-refractivity contribution is 0.0983. The van der Waals surface area contributed by atoms with Gasteiger partial charge in [-0.1, -0.05) is 53.1 Å². The van der Waals surface area contributed by atoms with Crippen LogP contribution in [0.5, 0.6) is 0 Å². The maximum Gasteiger partial charge on any atom is 0.163 e. The number of azide groups is 1. The van der Waals surface area contributed by atoms with Crippen molar-refractivity contribution in [3.05, 3.63) is 75.1 Å². The molecule has 0 amide bonds. The van der Waals surface area contributed by atoms with Gasteiger partial charge in [0, 0.05) is 27.6 Å². The van der Waals surface area contributed by atoms with Crippen LogP contribution < -0.4 is 0 Å². The minimum atomic E-state index is -0.0389. The number of hydrogen-bond acceptors (Lipinski definition) is 2. The Morgan fingerprint density at radius 3 is 2.55 bits per heavy atom. The van der Waals surface area contributed by atoms with Crippen LogP contribution in [0.3, 0.4) is 0 Å². The lowest BCUT2D eigenvalue weighted by Gasteiger charge is -2.04. The molecule has 0 fully saturated rings. The molecule has 2 aromatic carbocycles. The minimum Gasteiger partial charge on any atom is -0.294 e. The summed E-state index contributed by atoms with van der Waals surface area (Å²) in [4.78, 5) is 14.9. The highest BCUT2D eigenvalue weighted by molar-refractivity contribution is 6.30. The molecule has 20 heavy (non-hydrogen) atoms. The largest absolute Gasteiger partial charge is 0.294 e. The summed E-state index contributed by atoms with van der Waals surface area (Å²) in [5, 5.41) is 4.21. The molecule has 0 spiro atoms. The molecule has 0 saturated heterocycles. The third-order valence-corrected chi connectivity index (χ3v) is 3.16. The molecule has 0 aliphatic rings. The highest BCUT2D eigenvalue weighted by atomic mass is 35.5. The van der Waals surface area contributed by atoms with Gasteiger partial charge < -0.3 is 0 Å². The number of hydrogen-bond donors (Lipinski definition) is 0. The van der Waals surface area contributed by atoms with E-state index in [0.717, 1.165) is 5.56 Å². The number of carbonyl (C=O) groups is 1. The van der Waals surface area contributed by atoms with E-state index in [4.69, 9.17) is 17.1 Å². The number of aryl methyl sites for hydroxylation is 1. The Morgan fingerprint density at radius 2 is 1.85 bits per heavy atom. The van der Waals surface area contributed by atoms with Crippen molar-refractivity contribution in [1.29, 1.82) is 0 Å². The number of nitrogens with zero attached hydrogens (tertiary/aromatic N) is 3. The fourth-order valence-electron chi connectivity index (χ4n) is 1.89. The van der Waals surface area contributed by atoms with Gasteiger partial charge in [-0.3, -0.25) is 4.79 Å². The molecular weight excluding hydrogens is 274 g/mol. The van der Waals surface area contributed by atoms with Crippen LogP contribution in [0.25, 0.3) is 10.4 Å². The van der Waals surface area contributed by atoms with Crippen LogP contribution in [0, 0.1) is 0 Å². The number of benzene rings is 2. The van der Waals surface area contributed by atoms with Crippen molar-refractivity contribution in [1.82, 2.24) is 0 Å². The summed E-state index contributed by atoms with van der Waals surface area (Å²) in [6, 6.07) is 14.2. The summed E-state index contributed by atoms with van der Waals surface area (Å²) in [6.45, 7) is 0. The van der Waals surface area contributed by atoms with Crippen molar-refractivity contribution < 1.29 is 4.79 Å². The second-order valence-corrected chi connectivity index (χ2v) is 4.69. The Kier molecular flexibility index (Phi) is 4.77. The molecule has 0 heterocycles. The average Bonchev–Trinajstić information content (AvgIpc) is 2.47. The van der Waals surface area contributed by atoms with Gasteiger partial charge in [0.2, 0.25) is 0 Å². The van der Waals surface area contributed by atoms with Gasteiger partial charge in [0.05, 0.1) is 0 Å². The molecule has 5 heteroatoms. The lowest BCUT2D eigenvalue weighted by atomic mass is 10.0. The SMILES string of the molecule is [N-]=[N+]=Nc1ccccc1C(=O)CCc1ccc(Cl)cc1. The van der Waals surface area contributed by atoms with Gasteiger partial charge in [0.25, 0.3) is 0 Å². The van der Waals surface area contributed by atoms with Gasteiger partial charge in [-0.15, -0.1) is 0 Å². The van der Waals surface area contributed by atoms with Gasteiger partial charge in [-0.25, -0.2) is 0 Å². The molecule has 0 aliphatic heterocycles. The molecule has 0 N–H and O–H groups in total. The van der Waals surface area contributed by atoms with Gasteiger partial charge >= 0.3 is 0 Å². The van der Waals surface area contributed by atoms with E-state index in [9.17, 15) is 4.79 Å². The molecule has 0 unspecified atom stereocenters. The highest BCUT2D eigenvalue weighted by Gasteiger charge is 2.10. The first-order valence-electron chi connectivity index (χ1n) is 6.12. The number of Topliss-reactive ketones (excluding diaryl/α,β-unsaturated/α-hetero) is 1. The first-order valence-corrected chi connectivity index (χ1v) is 6.50. The van der Waals surface area contributed by atoms with E-state index in [2.05, 4.69) is 10.0 Å². The maximum atomic E-state index is 12.2. The Labute approximate surface area is 121 Å². The third kappa shape index (κ3) is 3.60. The molecule has 4 nitrogen and oxygen atoms in total. The van der Waals surface area contributed by atoms with Crippen molar-refractivity contribution in [2.24, 2.45) is 5.11 Å². The number of carbonyl (C=O) groups excluding carboxylic acids is 1. The number of rotatable bonds is 5. The summed E-state index contributed by atoms with van der Waals surface area (Å²) >= 11 is 5.81. The van der Waals surface area contributed by atoms with Gasteiger partial charge in [0.1, 0.15) is 0 Å². The smallest absolute Gasteiger partial charge is 0.163 e. The number of ketones is 1. The predicted molar refractivity (Wildman–Crippen MR) is 79.4 cm³/mol. The first-order chi connectivity index (χ1) is 9.70. The van der Waals surface area contributed by atoms with Crippen LogP contribution in [0.1, 0.15) is 22.3 Å². The van der Waals surface area contributed by atoms with E-state index >= 15 is 0 Å². The van der Waals surface area contributed by atoms with Gasteiger partial charge in [-0.05, 0) is 29.6 Å². The molecule has 0 aromatic heterocycles. The van der Waals surface area contributed by atoms with Crippen LogP contribution in [0.4, 0.5) is 5.69 Å². The summed E-state index contributed by atoms with van der Waals surface area (Å²) in [7, 11) is 0. The summed E-state index contributed by atoms with van der Waals surface area (Å²) < 4.78 is 0. The van der Waals surface area contributed by atoms with Crippen LogP contribution in [0.2, 0.25) is 5.02 Å². The fourth-order valence-corrected chi connectivity index (χ4v) is 2.01. The van der Waals surface area contributed by atoms with Crippen molar-refractivity contribution in [3.63, 3.8) is 0 Å². The Balaban J connectivity index is 2.09. The maximum absolute atomic E-state index is 12.2.